The molecule has 2 radical (unpaired) electrons. The molecule has 1 fully saturated rings. The summed E-state index contributed by atoms with van der Waals surface area (Å²) in [6, 6.07) is 9.07. The van der Waals surface area contributed by atoms with Crippen LogP contribution < -0.4 is 10.4 Å². The Morgan fingerprint density at radius 1 is 1.33 bits per heavy atom. The summed E-state index contributed by atoms with van der Waals surface area (Å²) in [6.45, 7) is 0. The van der Waals surface area contributed by atoms with Crippen molar-refractivity contribution in [3.63, 3.8) is 0 Å². The number of hydrogen-bond donors (Lipinski definition) is 0. The molecule has 3 aromatic rings. The van der Waals surface area contributed by atoms with Crippen molar-refractivity contribution in [1.29, 1.82) is 5.26 Å². The highest BCUT2D eigenvalue weighted by Crippen LogP contribution is 2.33. The highest BCUT2D eigenvalue weighted by molar-refractivity contribution is 6.36. The maximum Gasteiger partial charge on any atom is 0.277 e. The summed E-state index contributed by atoms with van der Waals surface area (Å²) < 4.78 is 1.67. The topological polar surface area (TPSA) is 74.3 Å². The molecule has 6 nitrogen and oxygen atoms in total. The van der Waals surface area contributed by atoms with Gasteiger partial charge in [0.2, 0.25) is 0 Å². The third kappa shape index (κ3) is 2.42. The monoisotopic (exact) mass is 313 g/mol. The van der Waals surface area contributed by atoms with E-state index >= 15 is 0 Å². The Hall–Kier alpha value is -3.14. The fourth-order valence-electron chi connectivity index (χ4n) is 2.67. The normalized spacial score (nSPS) is 13.6. The van der Waals surface area contributed by atoms with E-state index in [1.807, 2.05) is 18.2 Å². The van der Waals surface area contributed by atoms with Gasteiger partial charge in [0.25, 0.3) is 5.91 Å². The Kier molecular flexibility index (Phi) is 3.31. The van der Waals surface area contributed by atoms with Crippen molar-refractivity contribution in [3.05, 3.63) is 54.1 Å². The van der Waals surface area contributed by atoms with Gasteiger partial charge in [0, 0.05) is 30.3 Å². The summed E-state index contributed by atoms with van der Waals surface area (Å²) in [7, 11) is 5.93. The van der Waals surface area contributed by atoms with Gasteiger partial charge in [-0.2, -0.15) is 10.4 Å². The number of rotatable bonds is 3. The Morgan fingerprint density at radius 2 is 2.17 bits per heavy atom. The molecule has 0 atom stereocenters. The molecule has 1 aliphatic rings. The minimum Gasteiger partial charge on any atom is -0.304 e. The van der Waals surface area contributed by atoms with E-state index in [2.05, 4.69) is 10.1 Å². The summed E-state index contributed by atoms with van der Waals surface area (Å²) >= 11 is 0. The zero-order valence-corrected chi connectivity index (χ0v) is 12.8. The molecule has 24 heavy (non-hydrogen) atoms. The Bertz CT molecular complexity index is 969. The number of carbonyl (C=O) groups is 1. The zero-order valence-electron chi connectivity index (χ0n) is 12.8. The summed E-state index contributed by atoms with van der Waals surface area (Å²) in [5, 5.41) is 13.0. The predicted molar refractivity (Wildman–Crippen MR) is 89.4 cm³/mol. The Labute approximate surface area is 139 Å². The lowest BCUT2D eigenvalue weighted by Crippen LogP contribution is -2.33. The molecule has 1 saturated carbocycles. The number of hydrogen-bond acceptors (Lipinski definition) is 4. The van der Waals surface area contributed by atoms with Crippen molar-refractivity contribution < 1.29 is 4.79 Å². The van der Waals surface area contributed by atoms with E-state index in [1.54, 1.807) is 33.9 Å². The molecule has 0 spiro atoms. The van der Waals surface area contributed by atoms with E-state index in [-0.39, 0.29) is 11.9 Å². The first-order chi connectivity index (χ1) is 11.7. The van der Waals surface area contributed by atoms with Crippen LogP contribution in [0.3, 0.4) is 0 Å². The maximum atomic E-state index is 12.9. The van der Waals surface area contributed by atoms with Crippen LogP contribution in [0.2, 0.25) is 0 Å². The lowest BCUT2D eigenvalue weighted by molar-refractivity contribution is 0.0980. The highest BCUT2D eigenvalue weighted by Gasteiger charge is 2.35. The quantitative estimate of drug-likeness (QED) is 0.681. The molecule has 7 heteroatoms. The number of pyridine rings is 2. The van der Waals surface area contributed by atoms with Gasteiger partial charge in [-0.25, -0.2) is 9.50 Å². The number of nitriles is 1. The minimum atomic E-state index is -0.176. The average Bonchev–Trinajstić information content (AvgIpc) is 3.38. The fourth-order valence-corrected chi connectivity index (χ4v) is 2.67. The van der Waals surface area contributed by atoms with Crippen LogP contribution in [-0.2, 0) is 0 Å². The number of fused-ring (bicyclic) bond motifs is 1. The van der Waals surface area contributed by atoms with Crippen LogP contribution in [0.1, 0.15) is 28.9 Å². The van der Waals surface area contributed by atoms with Crippen molar-refractivity contribution in [2.24, 2.45) is 0 Å². The van der Waals surface area contributed by atoms with Gasteiger partial charge in [0.1, 0.15) is 19.6 Å². The maximum absolute atomic E-state index is 12.9. The molecule has 0 saturated heterocycles. The van der Waals surface area contributed by atoms with Crippen molar-refractivity contribution in [2.75, 3.05) is 4.90 Å². The van der Waals surface area contributed by atoms with E-state index in [0.29, 0.717) is 16.7 Å². The van der Waals surface area contributed by atoms with Crippen molar-refractivity contribution in [1.82, 2.24) is 14.6 Å². The van der Waals surface area contributed by atoms with Gasteiger partial charge in [-0.05, 0) is 37.1 Å². The van der Waals surface area contributed by atoms with Crippen molar-refractivity contribution >= 4 is 30.4 Å². The van der Waals surface area contributed by atoms with Gasteiger partial charge in [-0.3, -0.25) is 4.79 Å². The van der Waals surface area contributed by atoms with Gasteiger partial charge in [0.05, 0.1) is 11.1 Å². The fraction of sp³-hybridized carbons (Fsp3) is 0.176. The van der Waals surface area contributed by atoms with Crippen LogP contribution in [-0.4, -0.2) is 34.4 Å². The summed E-state index contributed by atoms with van der Waals surface area (Å²) in [5.74, 6) is -0.176. The van der Waals surface area contributed by atoms with E-state index in [0.717, 1.165) is 24.0 Å². The molecule has 4 rings (SSSR count). The third-order valence-electron chi connectivity index (χ3n) is 4.06. The van der Waals surface area contributed by atoms with Crippen LogP contribution in [0, 0.1) is 11.3 Å². The molecule has 0 aliphatic heterocycles. The molecule has 3 aromatic heterocycles. The largest absolute Gasteiger partial charge is 0.304 e. The Morgan fingerprint density at radius 3 is 2.83 bits per heavy atom. The number of carbonyl (C=O) groups excluding carboxylic acids is 1. The van der Waals surface area contributed by atoms with E-state index < -0.39 is 0 Å². The lowest BCUT2D eigenvalue weighted by atomic mass is 9.98. The molecular weight excluding hydrogens is 301 g/mol. The molecule has 0 N–H and O–H groups in total. The van der Waals surface area contributed by atoms with E-state index in [4.69, 9.17) is 13.1 Å². The number of amides is 1. The van der Waals surface area contributed by atoms with Gasteiger partial charge < -0.3 is 4.90 Å². The molecule has 0 bridgehead atoms. The van der Waals surface area contributed by atoms with Crippen LogP contribution in [0.25, 0.3) is 5.52 Å². The van der Waals surface area contributed by atoms with Crippen LogP contribution in [0.15, 0.2) is 42.9 Å². The first-order valence-corrected chi connectivity index (χ1v) is 7.60. The predicted octanol–water partition coefficient (Wildman–Crippen LogP) is 1.20. The van der Waals surface area contributed by atoms with Gasteiger partial charge >= 0.3 is 0 Å². The van der Waals surface area contributed by atoms with Gasteiger partial charge in [-0.15, -0.1) is 0 Å². The molecule has 1 amide bonds. The second-order valence-corrected chi connectivity index (χ2v) is 5.76. The minimum absolute atomic E-state index is 0.168. The first-order valence-electron chi connectivity index (χ1n) is 7.60. The van der Waals surface area contributed by atoms with Crippen molar-refractivity contribution in [3.8, 4) is 6.07 Å². The van der Waals surface area contributed by atoms with Gasteiger partial charge in [0.15, 0.2) is 0 Å². The molecule has 1 aliphatic carbocycles. The lowest BCUT2D eigenvalue weighted by Gasteiger charge is -2.22. The molecule has 0 aromatic carbocycles. The number of nitrogens with zero attached hydrogens (tertiary/aromatic N) is 5. The van der Waals surface area contributed by atoms with Crippen LogP contribution in [0.4, 0.5) is 5.69 Å². The standard InChI is InChI=1S/C17H12BN5O/c18-14-10-21-22-6-5-13(7-16(14)22)23(12-2-3-12)17(24)15-4-1-11(8-19)9-20-15/h1,4-7,9-10,12H,2-3H2. The summed E-state index contributed by atoms with van der Waals surface area (Å²) in [5.41, 5.74) is 2.85. The van der Waals surface area contributed by atoms with E-state index in [1.165, 1.54) is 6.20 Å². The molecule has 114 valence electrons. The second-order valence-electron chi connectivity index (χ2n) is 5.76. The first kappa shape index (κ1) is 14.5. The molecule has 3 heterocycles. The van der Waals surface area contributed by atoms with Crippen LogP contribution in [0.5, 0.6) is 0 Å². The summed E-state index contributed by atoms with van der Waals surface area (Å²) in [6.07, 6.45) is 6.71. The third-order valence-corrected chi connectivity index (χ3v) is 4.06. The number of aromatic nitrogens is 3. The van der Waals surface area contributed by atoms with Crippen molar-refractivity contribution in [2.45, 2.75) is 18.9 Å². The average molecular weight is 313 g/mol. The van der Waals surface area contributed by atoms with Crippen LogP contribution >= 0.6 is 0 Å². The smallest absolute Gasteiger partial charge is 0.277 e. The Balaban J connectivity index is 1.74. The summed E-state index contributed by atoms with van der Waals surface area (Å²) in [4.78, 5) is 18.8. The van der Waals surface area contributed by atoms with E-state index in [9.17, 15) is 4.79 Å². The second kappa shape index (κ2) is 5.50. The molecular formula is C17H12BN5O. The highest BCUT2D eigenvalue weighted by atomic mass is 16.2. The van der Waals surface area contributed by atoms with Gasteiger partial charge in [-0.1, -0.05) is 5.46 Å². The SMILES string of the molecule is [B]c1cnn2ccc(N(C(=O)c3ccc(C#N)cn3)C3CC3)cc12. The zero-order chi connectivity index (χ0) is 16.7. The number of anilines is 1. The molecule has 0 unspecified atom stereocenters.